The predicted molar refractivity (Wildman–Crippen MR) is 150 cm³/mol. The molecule has 0 atom stereocenters. The van der Waals surface area contributed by atoms with Crippen LogP contribution < -0.4 is 10.6 Å². The van der Waals surface area contributed by atoms with Gasteiger partial charge in [0.2, 0.25) is 5.91 Å². The Hall–Kier alpha value is -4.15. The summed E-state index contributed by atoms with van der Waals surface area (Å²) in [6, 6.07) is 2.91. The number of pyridine rings is 2. The van der Waals surface area contributed by atoms with Crippen molar-refractivity contribution in [3.8, 4) is 0 Å². The number of anilines is 2. The van der Waals surface area contributed by atoms with Gasteiger partial charge in [-0.2, -0.15) is 13.2 Å². The fraction of sp³-hybridized carbons (Fsp3) is 0.400. The van der Waals surface area contributed by atoms with Crippen LogP contribution in [0.5, 0.6) is 0 Å². The van der Waals surface area contributed by atoms with Gasteiger partial charge in [0, 0.05) is 85.8 Å². The molecule has 2 fully saturated rings. The maximum absolute atomic E-state index is 13.4. The Morgan fingerprint density at radius 1 is 1.17 bits per heavy atom. The van der Waals surface area contributed by atoms with Crippen LogP contribution in [0.15, 0.2) is 66.3 Å². The number of halogens is 3. The number of nitrogens with one attached hydrogen (secondary N) is 2. The van der Waals surface area contributed by atoms with Crippen LogP contribution >= 0.6 is 0 Å². The van der Waals surface area contributed by atoms with Gasteiger partial charge in [-0.05, 0) is 56.4 Å². The van der Waals surface area contributed by atoms with Crippen LogP contribution in [0, 0.1) is 6.92 Å². The summed E-state index contributed by atoms with van der Waals surface area (Å²) in [4.78, 5) is 37.6. The lowest BCUT2D eigenvalue weighted by Crippen LogP contribution is -2.47. The van der Waals surface area contributed by atoms with Crippen LogP contribution in [0.4, 0.5) is 24.7 Å². The van der Waals surface area contributed by atoms with Crippen molar-refractivity contribution >= 4 is 23.3 Å². The lowest BCUT2D eigenvalue weighted by atomic mass is 10.0. The predicted octanol–water partition coefficient (Wildman–Crippen LogP) is 5.21. The van der Waals surface area contributed by atoms with E-state index >= 15 is 0 Å². The van der Waals surface area contributed by atoms with Crippen molar-refractivity contribution in [3.63, 3.8) is 0 Å². The number of alkyl halides is 3. The zero-order chi connectivity index (χ0) is 29.0. The highest BCUT2D eigenvalue weighted by Gasteiger charge is 2.34. The third-order valence-electron chi connectivity index (χ3n) is 7.69. The van der Waals surface area contributed by atoms with Crippen molar-refractivity contribution in [1.29, 1.82) is 0 Å². The maximum Gasteiger partial charge on any atom is 0.416 e. The molecule has 0 unspecified atom stereocenters. The number of hydrogen-bond donors (Lipinski definition) is 2. The lowest BCUT2D eigenvalue weighted by molar-refractivity contribution is -0.138. The zero-order valence-corrected chi connectivity index (χ0v) is 22.9. The van der Waals surface area contributed by atoms with Gasteiger partial charge in [0.1, 0.15) is 5.82 Å². The lowest BCUT2D eigenvalue weighted by Gasteiger charge is -2.36. The topological polar surface area (TPSA) is 90.5 Å². The highest BCUT2D eigenvalue weighted by Crippen LogP contribution is 2.32. The smallest absolute Gasteiger partial charge is 0.381 e. The van der Waals surface area contributed by atoms with Crippen molar-refractivity contribution in [1.82, 2.24) is 19.8 Å². The van der Waals surface area contributed by atoms with Gasteiger partial charge in [-0.15, -0.1) is 0 Å². The van der Waals surface area contributed by atoms with Gasteiger partial charge in [-0.1, -0.05) is 12.2 Å². The van der Waals surface area contributed by atoms with E-state index in [0.29, 0.717) is 48.7 Å². The number of allylic oxidation sites excluding steroid dienone is 3. The number of carbonyl (C=O) groups is 2. The van der Waals surface area contributed by atoms with Crippen LogP contribution in [-0.4, -0.2) is 57.3 Å². The first-order valence-corrected chi connectivity index (χ1v) is 13.8. The van der Waals surface area contributed by atoms with Crippen molar-refractivity contribution in [2.24, 2.45) is 0 Å². The average Bonchev–Trinajstić information content (AvgIpc) is 3.25. The van der Waals surface area contributed by atoms with Gasteiger partial charge < -0.3 is 20.4 Å². The van der Waals surface area contributed by atoms with Gasteiger partial charge in [-0.25, -0.2) is 4.98 Å². The Morgan fingerprint density at radius 2 is 1.98 bits per heavy atom. The molecule has 1 aliphatic carbocycles. The van der Waals surface area contributed by atoms with E-state index < -0.39 is 11.7 Å². The largest absolute Gasteiger partial charge is 0.416 e. The number of carbonyl (C=O) groups excluding carboxylic acids is 2. The van der Waals surface area contributed by atoms with Gasteiger partial charge >= 0.3 is 6.18 Å². The molecule has 11 heteroatoms. The van der Waals surface area contributed by atoms with Crippen molar-refractivity contribution in [2.45, 2.75) is 57.8 Å². The summed E-state index contributed by atoms with van der Waals surface area (Å²) in [6.45, 7) is 3.79. The Kier molecular flexibility index (Phi) is 8.41. The number of aromatic nitrogens is 2. The van der Waals surface area contributed by atoms with Crippen LogP contribution in [0.25, 0.3) is 0 Å². The minimum absolute atomic E-state index is 0.0458. The monoisotopic (exact) mass is 566 g/mol. The molecule has 3 aliphatic rings. The summed E-state index contributed by atoms with van der Waals surface area (Å²) in [5.41, 5.74) is 1.97. The Labute approximate surface area is 237 Å². The number of amides is 2. The molecule has 5 rings (SSSR count). The molecular weight excluding hydrogens is 533 g/mol. The van der Waals surface area contributed by atoms with Crippen molar-refractivity contribution in [2.75, 3.05) is 30.3 Å². The molecule has 4 heterocycles. The van der Waals surface area contributed by atoms with Crippen LogP contribution in [0.2, 0.25) is 0 Å². The molecule has 2 aromatic heterocycles. The molecule has 0 spiro atoms. The molecular formula is C30H33F3N6O2. The summed E-state index contributed by atoms with van der Waals surface area (Å²) in [5, 5.41) is 6.31. The molecule has 216 valence electrons. The van der Waals surface area contributed by atoms with E-state index in [1.165, 1.54) is 6.20 Å². The summed E-state index contributed by atoms with van der Waals surface area (Å²) >= 11 is 0. The SMILES string of the molecule is Cc1cnc(NC2=CC(C(=O)N3CCC(N4CCCC4=O)CC3)=CCC=C2)cc1NCc1cnccc1C(F)(F)F. The normalized spacial score (nSPS) is 18.2. The third kappa shape index (κ3) is 6.78. The quantitative estimate of drug-likeness (QED) is 0.478. The van der Waals surface area contributed by atoms with E-state index in [0.717, 1.165) is 43.6 Å². The minimum Gasteiger partial charge on any atom is -0.381 e. The standard InChI is InChI=1S/C30H33F3N6O2/c1-20-17-36-27(16-26(20)35-19-22-18-34-11-8-25(22)30(31,32)33)37-23-6-3-2-5-21(15-23)29(41)38-13-9-24(10-14-38)39-12-4-7-28(39)40/h3,5-6,8,11,15-18,24H,2,4,7,9-10,12-14,19H2,1H3,(H2,35,36,37). The number of nitrogens with zero attached hydrogens (tertiary/aromatic N) is 4. The Bertz CT molecular complexity index is 1390. The molecule has 0 saturated carbocycles. The molecule has 2 N–H and O–H groups in total. The van der Waals surface area contributed by atoms with E-state index in [9.17, 15) is 22.8 Å². The summed E-state index contributed by atoms with van der Waals surface area (Å²) in [7, 11) is 0. The first-order valence-electron chi connectivity index (χ1n) is 13.8. The second kappa shape index (κ2) is 12.2. The van der Waals surface area contributed by atoms with Gasteiger partial charge in [0.15, 0.2) is 0 Å². The fourth-order valence-corrected chi connectivity index (χ4v) is 5.48. The van der Waals surface area contributed by atoms with Crippen LogP contribution in [0.1, 0.15) is 48.8 Å². The third-order valence-corrected chi connectivity index (χ3v) is 7.69. The van der Waals surface area contributed by atoms with Gasteiger partial charge in [0.05, 0.1) is 5.56 Å². The summed E-state index contributed by atoms with van der Waals surface area (Å²) in [5.74, 6) is 0.661. The second-order valence-corrected chi connectivity index (χ2v) is 10.5. The van der Waals surface area contributed by atoms with Crippen LogP contribution in [-0.2, 0) is 22.3 Å². The molecule has 2 aromatic rings. The number of piperidine rings is 1. The van der Waals surface area contributed by atoms with Crippen molar-refractivity contribution < 1.29 is 22.8 Å². The Morgan fingerprint density at radius 3 is 2.71 bits per heavy atom. The maximum atomic E-state index is 13.4. The molecule has 2 saturated heterocycles. The van der Waals surface area contributed by atoms with E-state index in [-0.39, 0.29) is 30.0 Å². The number of aryl methyl sites for hydroxylation is 1. The average molecular weight is 567 g/mol. The van der Waals surface area contributed by atoms with Gasteiger partial charge in [0.25, 0.3) is 5.91 Å². The van der Waals surface area contributed by atoms with E-state index in [4.69, 9.17) is 0 Å². The van der Waals surface area contributed by atoms with Crippen LogP contribution in [0.3, 0.4) is 0 Å². The number of hydrogen-bond acceptors (Lipinski definition) is 6. The number of likely N-dealkylation sites (tertiary alicyclic amines) is 2. The highest BCUT2D eigenvalue weighted by molar-refractivity contribution is 5.96. The molecule has 8 nitrogen and oxygen atoms in total. The zero-order valence-electron chi connectivity index (χ0n) is 22.9. The summed E-state index contributed by atoms with van der Waals surface area (Å²) in [6.07, 6.45) is 10.7. The molecule has 2 amide bonds. The van der Waals surface area contributed by atoms with Gasteiger partial charge in [-0.3, -0.25) is 14.6 Å². The number of rotatable bonds is 7. The molecule has 41 heavy (non-hydrogen) atoms. The Balaban J connectivity index is 1.23. The van der Waals surface area contributed by atoms with E-state index in [1.54, 1.807) is 18.3 Å². The van der Waals surface area contributed by atoms with E-state index in [2.05, 4.69) is 20.6 Å². The van der Waals surface area contributed by atoms with Crippen molar-refractivity contribution in [3.05, 3.63) is 83.0 Å². The highest BCUT2D eigenvalue weighted by atomic mass is 19.4. The molecule has 0 aromatic carbocycles. The first kappa shape index (κ1) is 28.4. The fourth-order valence-electron chi connectivity index (χ4n) is 5.48. The first-order chi connectivity index (χ1) is 19.7. The summed E-state index contributed by atoms with van der Waals surface area (Å²) < 4.78 is 40.1. The van der Waals surface area contributed by atoms with E-state index in [1.807, 2.05) is 35.0 Å². The minimum atomic E-state index is -4.47. The second-order valence-electron chi connectivity index (χ2n) is 10.5. The molecule has 2 aliphatic heterocycles. The molecule has 0 bridgehead atoms. The molecule has 0 radical (unpaired) electrons.